The fraction of sp³-hybridized carbons (Fsp3) is 0.190. The molecule has 148 valence electrons. The van der Waals surface area contributed by atoms with Crippen molar-refractivity contribution in [1.29, 1.82) is 0 Å². The molecule has 1 unspecified atom stereocenters. The monoisotopic (exact) mass is 472 g/mol. The molecule has 29 heavy (non-hydrogen) atoms. The van der Waals surface area contributed by atoms with Crippen molar-refractivity contribution >= 4 is 39.3 Å². The summed E-state index contributed by atoms with van der Waals surface area (Å²) >= 11 is 4.58. The number of nitrogens with zero attached hydrogens (tertiary/aromatic N) is 1. The molecule has 0 aliphatic heterocycles. The first kappa shape index (κ1) is 19.6. The van der Waals surface area contributed by atoms with E-state index in [4.69, 9.17) is 4.74 Å². The number of alkyl carbamates (subject to hydrolysis) is 1. The van der Waals surface area contributed by atoms with E-state index < -0.39 is 18.1 Å². The normalized spacial score (nSPS) is 13.4. The highest BCUT2D eigenvalue weighted by molar-refractivity contribution is 9.11. The molecular weight excluding hydrogens is 456 g/mol. The van der Waals surface area contributed by atoms with Gasteiger partial charge in [-0.15, -0.1) is 11.3 Å². The summed E-state index contributed by atoms with van der Waals surface area (Å²) < 4.78 is 6.09. The molecule has 1 atom stereocenters. The Morgan fingerprint density at radius 3 is 2.31 bits per heavy atom. The lowest BCUT2D eigenvalue weighted by Crippen LogP contribution is -2.42. The van der Waals surface area contributed by atoms with Crippen molar-refractivity contribution < 1.29 is 19.4 Å². The molecule has 6 nitrogen and oxygen atoms in total. The third-order valence-electron chi connectivity index (χ3n) is 4.86. The minimum absolute atomic E-state index is 0.0751. The fourth-order valence-electron chi connectivity index (χ4n) is 3.56. The Balaban J connectivity index is 1.43. The number of nitrogens with one attached hydrogen (secondary N) is 1. The van der Waals surface area contributed by atoms with Gasteiger partial charge in [0.15, 0.2) is 3.92 Å². The summed E-state index contributed by atoms with van der Waals surface area (Å²) in [6, 6.07) is 15.0. The van der Waals surface area contributed by atoms with Crippen LogP contribution in [0.15, 0.2) is 58.6 Å². The number of carboxylic acids is 1. The lowest BCUT2D eigenvalue weighted by Gasteiger charge is -2.17. The van der Waals surface area contributed by atoms with Gasteiger partial charge in [-0.2, -0.15) is 0 Å². The van der Waals surface area contributed by atoms with Gasteiger partial charge in [-0.05, 0) is 38.2 Å². The van der Waals surface area contributed by atoms with Gasteiger partial charge in [0, 0.05) is 23.4 Å². The third-order valence-corrected chi connectivity index (χ3v) is 6.36. The third kappa shape index (κ3) is 4.18. The van der Waals surface area contributed by atoms with E-state index in [2.05, 4.69) is 38.4 Å². The predicted molar refractivity (Wildman–Crippen MR) is 113 cm³/mol. The summed E-state index contributed by atoms with van der Waals surface area (Å²) in [7, 11) is 0. The first-order chi connectivity index (χ1) is 14.0. The predicted octanol–water partition coefficient (Wildman–Crippen LogP) is 4.44. The number of rotatable bonds is 6. The number of aliphatic carboxylic acids is 1. The Hall–Kier alpha value is -2.71. The van der Waals surface area contributed by atoms with Crippen LogP contribution in [-0.4, -0.2) is 34.8 Å². The van der Waals surface area contributed by atoms with Crippen LogP contribution in [0.25, 0.3) is 11.1 Å². The Morgan fingerprint density at radius 2 is 1.76 bits per heavy atom. The van der Waals surface area contributed by atoms with E-state index in [-0.39, 0.29) is 18.9 Å². The zero-order chi connectivity index (χ0) is 20.4. The van der Waals surface area contributed by atoms with Crippen molar-refractivity contribution in [3.05, 3.63) is 74.6 Å². The highest BCUT2D eigenvalue weighted by Gasteiger charge is 2.29. The molecule has 0 bridgehead atoms. The van der Waals surface area contributed by atoms with Crippen molar-refractivity contribution in [1.82, 2.24) is 10.3 Å². The van der Waals surface area contributed by atoms with Crippen LogP contribution in [0.5, 0.6) is 0 Å². The largest absolute Gasteiger partial charge is 0.480 e. The molecule has 0 spiro atoms. The molecule has 4 rings (SSSR count). The van der Waals surface area contributed by atoms with Crippen LogP contribution in [0.1, 0.15) is 21.9 Å². The topological polar surface area (TPSA) is 88.5 Å². The van der Waals surface area contributed by atoms with E-state index in [0.717, 1.165) is 27.1 Å². The number of amides is 1. The molecular formula is C21H17BrN2O4S. The van der Waals surface area contributed by atoms with Gasteiger partial charge in [-0.1, -0.05) is 48.5 Å². The van der Waals surface area contributed by atoms with Gasteiger partial charge in [0.05, 0.1) is 0 Å². The van der Waals surface area contributed by atoms with Crippen molar-refractivity contribution in [2.45, 2.75) is 18.4 Å². The highest BCUT2D eigenvalue weighted by atomic mass is 79.9. The molecule has 8 heteroatoms. The zero-order valence-electron chi connectivity index (χ0n) is 15.2. The quantitative estimate of drug-likeness (QED) is 0.553. The first-order valence-electron chi connectivity index (χ1n) is 8.97. The van der Waals surface area contributed by atoms with E-state index in [9.17, 15) is 14.7 Å². The molecule has 0 saturated heterocycles. The molecule has 0 fully saturated rings. The maximum Gasteiger partial charge on any atom is 0.407 e. The summed E-state index contributed by atoms with van der Waals surface area (Å²) in [4.78, 5) is 28.6. The average Bonchev–Trinajstić information content (AvgIpc) is 3.27. The van der Waals surface area contributed by atoms with Crippen LogP contribution in [0.2, 0.25) is 0 Å². The summed E-state index contributed by atoms with van der Waals surface area (Å²) in [6.45, 7) is 0.137. The van der Waals surface area contributed by atoms with Crippen LogP contribution in [0.3, 0.4) is 0 Å². The number of ether oxygens (including phenoxy) is 1. The number of carbonyl (C=O) groups is 2. The van der Waals surface area contributed by atoms with Gasteiger partial charge < -0.3 is 15.2 Å². The number of carbonyl (C=O) groups excluding carboxylic acids is 1. The maximum atomic E-state index is 12.3. The molecule has 1 heterocycles. The first-order valence-corrected chi connectivity index (χ1v) is 10.6. The Kier molecular flexibility index (Phi) is 5.64. The van der Waals surface area contributed by atoms with E-state index in [1.165, 1.54) is 11.3 Å². The standard InChI is InChI=1S/C21H17BrN2O4S/c22-20-23-10-12(29-20)9-18(19(25)26)24-21(27)28-11-17-15-7-3-1-5-13(15)14-6-2-4-8-16(14)17/h1-8,10,17-18H,9,11H2,(H,24,27)(H,25,26). The van der Waals surface area contributed by atoms with Crippen molar-refractivity contribution in [3.63, 3.8) is 0 Å². The number of hydrogen-bond donors (Lipinski definition) is 2. The second kappa shape index (κ2) is 8.34. The molecule has 1 aromatic heterocycles. The molecule has 2 N–H and O–H groups in total. The maximum absolute atomic E-state index is 12.3. The second-order valence-electron chi connectivity index (χ2n) is 6.64. The molecule has 1 aliphatic rings. The molecule has 1 aliphatic carbocycles. The van der Waals surface area contributed by atoms with Gasteiger partial charge in [0.2, 0.25) is 0 Å². The molecule has 0 radical (unpaired) electrons. The van der Waals surface area contributed by atoms with E-state index in [0.29, 0.717) is 3.92 Å². The smallest absolute Gasteiger partial charge is 0.407 e. The van der Waals surface area contributed by atoms with Gasteiger partial charge in [-0.3, -0.25) is 0 Å². The summed E-state index contributed by atoms with van der Waals surface area (Å²) in [5.74, 6) is -1.20. The lowest BCUT2D eigenvalue weighted by atomic mass is 9.98. The van der Waals surface area contributed by atoms with Crippen molar-refractivity contribution in [2.24, 2.45) is 0 Å². The van der Waals surface area contributed by atoms with Crippen molar-refractivity contribution in [3.8, 4) is 11.1 Å². The number of thiazole rings is 1. The van der Waals surface area contributed by atoms with E-state index in [1.54, 1.807) is 6.20 Å². The second-order valence-corrected chi connectivity index (χ2v) is 9.04. The number of carboxylic acid groups (broad SMARTS) is 1. The Bertz CT molecular complexity index is 1020. The Morgan fingerprint density at radius 1 is 1.14 bits per heavy atom. The minimum atomic E-state index is -1.12. The van der Waals surface area contributed by atoms with Gasteiger partial charge in [-0.25, -0.2) is 14.6 Å². The number of hydrogen-bond acceptors (Lipinski definition) is 5. The van der Waals surface area contributed by atoms with Crippen LogP contribution in [-0.2, 0) is 16.0 Å². The lowest BCUT2D eigenvalue weighted by molar-refractivity contribution is -0.139. The van der Waals surface area contributed by atoms with Crippen LogP contribution in [0.4, 0.5) is 4.79 Å². The zero-order valence-corrected chi connectivity index (χ0v) is 17.6. The van der Waals surface area contributed by atoms with Gasteiger partial charge >= 0.3 is 12.1 Å². The van der Waals surface area contributed by atoms with E-state index >= 15 is 0 Å². The number of aromatic nitrogens is 1. The van der Waals surface area contributed by atoms with Crippen LogP contribution >= 0.6 is 27.3 Å². The van der Waals surface area contributed by atoms with Gasteiger partial charge in [0.1, 0.15) is 12.6 Å². The molecule has 3 aromatic rings. The molecule has 2 aromatic carbocycles. The minimum Gasteiger partial charge on any atom is -0.480 e. The summed E-state index contributed by atoms with van der Waals surface area (Å²) in [6.07, 6.45) is 0.982. The van der Waals surface area contributed by atoms with Crippen molar-refractivity contribution in [2.75, 3.05) is 6.61 Å². The number of benzene rings is 2. The van der Waals surface area contributed by atoms with Crippen LogP contribution < -0.4 is 5.32 Å². The molecule has 1 amide bonds. The highest BCUT2D eigenvalue weighted by Crippen LogP contribution is 2.44. The van der Waals surface area contributed by atoms with Gasteiger partial charge in [0.25, 0.3) is 0 Å². The fourth-order valence-corrected chi connectivity index (χ4v) is 4.96. The molecule has 0 saturated carbocycles. The van der Waals surface area contributed by atoms with E-state index in [1.807, 2.05) is 36.4 Å². The Labute approximate surface area is 179 Å². The summed E-state index contributed by atoms with van der Waals surface area (Å²) in [5, 5.41) is 11.9. The SMILES string of the molecule is O=C(NC(Cc1cnc(Br)s1)C(=O)O)OCC1c2ccccc2-c2ccccc21. The number of fused-ring (bicyclic) bond motifs is 3. The number of halogens is 1. The average molecular weight is 473 g/mol. The van der Waals surface area contributed by atoms with Crippen LogP contribution in [0, 0.1) is 0 Å². The summed E-state index contributed by atoms with van der Waals surface area (Å²) in [5.41, 5.74) is 4.48.